The molecule has 12 heteroatoms. The first kappa shape index (κ1) is 27.4. The number of aryl methyl sites for hydroxylation is 1. The highest BCUT2D eigenvalue weighted by Gasteiger charge is 2.28. The summed E-state index contributed by atoms with van der Waals surface area (Å²) in [6, 6.07) is 16.5. The number of carbonyl (C=O) groups excluding carboxylic acids is 1. The summed E-state index contributed by atoms with van der Waals surface area (Å²) in [5, 5.41) is 15.1. The highest BCUT2D eigenvalue weighted by atomic mass is 35.5. The standard InChI is InChI=1S/C30H29ClN8O3/c1-30(2,3)42-28(41)16-32-21-7-4-18(5-8-21)24-15-33-29(35-24)26-11-9-22-12-19(13-27(40)39(22)26)23-14-20(31)6-10-25(23)38-17-34-36-37-38/h4-8,10,12-15,17,26,32H,9,11,16H2,1-3H3,(H,33,35)/t26-/m0/s1. The number of ether oxygens (including phenoxy) is 1. The van der Waals surface area contributed by atoms with Gasteiger partial charge in [-0.15, -0.1) is 5.10 Å². The normalized spacial score (nSPS) is 14.5. The molecule has 1 aliphatic heterocycles. The van der Waals surface area contributed by atoms with Crippen LogP contribution < -0.4 is 10.9 Å². The highest BCUT2D eigenvalue weighted by molar-refractivity contribution is 6.31. The first-order chi connectivity index (χ1) is 20.1. The number of imidazole rings is 1. The van der Waals surface area contributed by atoms with E-state index >= 15 is 0 Å². The van der Waals surface area contributed by atoms with E-state index < -0.39 is 5.60 Å². The van der Waals surface area contributed by atoms with E-state index in [2.05, 4.69) is 30.8 Å². The van der Waals surface area contributed by atoms with Crippen LogP contribution in [0.4, 0.5) is 5.69 Å². The number of aromatic amines is 1. The van der Waals surface area contributed by atoms with Gasteiger partial charge in [-0.05, 0) is 91.6 Å². The molecule has 0 fully saturated rings. The van der Waals surface area contributed by atoms with Gasteiger partial charge < -0.3 is 19.6 Å². The molecule has 0 saturated heterocycles. The Morgan fingerprint density at radius 1 is 1.12 bits per heavy atom. The number of nitrogens with zero attached hydrogens (tertiary/aromatic N) is 6. The summed E-state index contributed by atoms with van der Waals surface area (Å²) in [5.41, 5.74) is 5.10. The number of anilines is 1. The topological polar surface area (TPSA) is 133 Å². The fourth-order valence-corrected chi connectivity index (χ4v) is 5.36. The van der Waals surface area contributed by atoms with Gasteiger partial charge in [0.2, 0.25) is 0 Å². The first-order valence-electron chi connectivity index (χ1n) is 13.5. The third-order valence-corrected chi connectivity index (χ3v) is 7.20. The van der Waals surface area contributed by atoms with Crippen LogP contribution in [0.2, 0.25) is 5.02 Å². The van der Waals surface area contributed by atoms with E-state index in [4.69, 9.17) is 16.3 Å². The molecule has 2 aromatic carbocycles. The molecule has 6 rings (SSSR count). The van der Waals surface area contributed by atoms with Gasteiger partial charge in [-0.3, -0.25) is 9.59 Å². The molecule has 1 aliphatic rings. The van der Waals surface area contributed by atoms with E-state index in [1.165, 1.54) is 6.33 Å². The van der Waals surface area contributed by atoms with Gasteiger partial charge in [-0.1, -0.05) is 23.7 Å². The highest BCUT2D eigenvalue weighted by Crippen LogP contribution is 2.34. The van der Waals surface area contributed by atoms with Crippen LogP contribution in [0.3, 0.4) is 0 Å². The maximum Gasteiger partial charge on any atom is 0.325 e. The second kappa shape index (κ2) is 10.9. The third kappa shape index (κ3) is 5.68. The predicted octanol–water partition coefficient (Wildman–Crippen LogP) is 4.82. The zero-order valence-electron chi connectivity index (χ0n) is 23.3. The van der Waals surface area contributed by atoms with E-state index in [0.29, 0.717) is 5.02 Å². The van der Waals surface area contributed by atoms with Gasteiger partial charge >= 0.3 is 5.97 Å². The number of halogens is 1. The number of esters is 1. The SMILES string of the molecule is CC(C)(C)OC(=O)CNc1ccc(-c2cnc([C@@H]3CCc4cc(-c5cc(Cl)ccc5-n5cnnn5)cc(=O)n43)[nH]2)cc1. The Morgan fingerprint density at radius 2 is 1.93 bits per heavy atom. The molecule has 11 nitrogen and oxygen atoms in total. The number of H-pyrrole nitrogens is 1. The zero-order valence-corrected chi connectivity index (χ0v) is 24.1. The fraction of sp³-hybridized carbons (Fsp3) is 0.267. The number of nitrogens with one attached hydrogen (secondary N) is 2. The van der Waals surface area contributed by atoms with Gasteiger partial charge in [0.1, 0.15) is 24.3 Å². The van der Waals surface area contributed by atoms with Gasteiger partial charge in [-0.2, -0.15) is 4.68 Å². The molecular formula is C30H29ClN8O3. The first-order valence-corrected chi connectivity index (χ1v) is 13.9. The number of tetrazole rings is 1. The Morgan fingerprint density at radius 3 is 2.67 bits per heavy atom. The summed E-state index contributed by atoms with van der Waals surface area (Å²) in [4.78, 5) is 33.5. The van der Waals surface area contributed by atoms with Gasteiger partial charge in [0.05, 0.1) is 23.6 Å². The summed E-state index contributed by atoms with van der Waals surface area (Å²) in [6.07, 6.45) is 4.75. The van der Waals surface area contributed by atoms with Crippen LogP contribution >= 0.6 is 11.6 Å². The van der Waals surface area contributed by atoms with Crippen molar-refractivity contribution in [3.05, 3.63) is 94.0 Å². The molecule has 2 N–H and O–H groups in total. The lowest BCUT2D eigenvalue weighted by Crippen LogP contribution is -2.28. The molecule has 214 valence electrons. The summed E-state index contributed by atoms with van der Waals surface area (Å²) < 4.78 is 8.69. The second-order valence-electron chi connectivity index (χ2n) is 11.1. The lowest BCUT2D eigenvalue weighted by atomic mass is 10.0. The van der Waals surface area contributed by atoms with Crippen molar-refractivity contribution in [1.82, 2.24) is 34.7 Å². The third-order valence-electron chi connectivity index (χ3n) is 6.96. The molecule has 0 radical (unpaired) electrons. The molecule has 0 bridgehead atoms. The number of fused-ring (bicyclic) bond motifs is 1. The van der Waals surface area contributed by atoms with Crippen molar-refractivity contribution in [1.29, 1.82) is 0 Å². The van der Waals surface area contributed by atoms with E-state index in [-0.39, 0.29) is 24.1 Å². The predicted molar refractivity (Wildman–Crippen MR) is 159 cm³/mol. The van der Waals surface area contributed by atoms with Crippen LogP contribution in [0.1, 0.15) is 44.8 Å². The van der Waals surface area contributed by atoms with E-state index in [9.17, 15) is 9.59 Å². The Kier molecular flexibility index (Phi) is 7.11. The van der Waals surface area contributed by atoms with Crippen LogP contribution in [-0.4, -0.2) is 52.9 Å². The maximum atomic E-state index is 13.5. The minimum absolute atomic E-state index is 0.0820. The van der Waals surface area contributed by atoms with Gasteiger partial charge in [-0.25, -0.2) is 4.98 Å². The van der Waals surface area contributed by atoms with Crippen molar-refractivity contribution in [3.63, 3.8) is 0 Å². The quantitative estimate of drug-likeness (QED) is 0.260. The second-order valence-corrected chi connectivity index (χ2v) is 11.5. The number of rotatable bonds is 7. The fourth-order valence-electron chi connectivity index (χ4n) is 5.19. The van der Waals surface area contributed by atoms with Crippen molar-refractivity contribution in [2.45, 2.75) is 45.3 Å². The Hall–Kier alpha value is -4.77. The lowest BCUT2D eigenvalue weighted by molar-refractivity contribution is -0.152. The van der Waals surface area contributed by atoms with Crippen LogP contribution in [-0.2, 0) is 16.0 Å². The average Bonchev–Trinajstić information content (AvgIpc) is 3.72. The van der Waals surface area contributed by atoms with Crippen LogP contribution in [0, 0.1) is 0 Å². The minimum Gasteiger partial charge on any atom is -0.459 e. The van der Waals surface area contributed by atoms with E-state index in [1.807, 2.05) is 63.2 Å². The molecule has 0 spiro atoms. The average molecular weight is 585 g/mol. The number of benzene rings is 2. The van der Waals surface area contributed by atoms with Crippen molar-refractivity contribution >= 4 is 23.3 Å². The van der Waals surface area contributed by atoms with Gasteiger partial charge in [0.25, 0.3) is 5.56 Å². The Labute approximate surface area is 246 Å². The van der Waals surface area contributed by atoms with Gasteiger partial charge in [0, 0.05) is 28.0 Å². The summed E-state index contributed by atoms with van der Waals surface area (Å²) >= 11 is 6.32. The van der Waals surface area contributed by atoms with Gasteiger partial charge in [0.15, 0.2) is 0 Å². The van der Waals surface area contributed by atoms with Crippen molar-refractivity contribution < 1.29 is 9.53 Å². The smallest absolute Gasteiger partial charge is 0.325 e. The Balaban J connectivity index is 1.21. The molecule has 1 atom stereocenters. The van der Waals surface area contributed by atoms with E-state index in [1.54, 1.807) is 27.6 Å². The number of pyridine rings is 1. The van der Waals surface area contributed by atoms with Crippen LogP contribution in [0.25, 0.3) is 28.1 Å². The largest absolute Gasteiger partial charge is 0.459 e. The summed E-state index contributed by atoms with van der Waals surface area (Å²) in [6.45, 7) is 5.60. The number of hydrogen-bond donors (Lipinski definition) is 2. The monoisotopic (exact) mass is 584 g/mol. The molecule has 0 aliphatic carbocycles. The Bertz CT molecular complexity index is 1800. The van der Waals surface area contributed by atoms with Crippen molar-refractivity contribution in [2.75, 3.05) is 11.9 Å². The number of aromatic nitrogens is 7. The molecule has 4 heterocycles. The minimum atomic E-state index is -0.523. The lowest BCUT2D eigenvalue weighted by Gasteiger charge is -2.19. The van der Waals surface area contributed by atoms with Crippen LogP contribution in [0.15, 0.2) is 71.9 Å². The van der Waals surface area contributed by atoms with Crippen LogP contribution in [0.5, 0.6) is 0 Å². The summed E-state index contributed by atoms with van der Waals surface area (Å²) in [7, 11) is 0. The summed E-state index contributed by atoms with van der Waals surface area (Å²) in [5.74, 6) is 0.410. The van der Waals surface area contributed by atoms with Crippen molar-refractivity contribution in [2.24, 2.45) is 0 Å². The molecular weight excluding hydrogens is 556 g/mol. The molecule has 3 aromatic heterocycles. The molecule has 5 aromatic rings. The van der Waals surface area contributed by atoms with Crippen molar-refractivity contribution in [3.8, 4) is 28.1 Å². The molecule has 0 unspecified atom stereocenters. The number of hydrogen-bond acceptors (Lipinski definition) is 8. The number of carbonyl (C=O) groups is 1. The van der Waals surface area contributed by atoms with E-state index in [0.717, 1.165) is 58.1 Å². The molecule has 0 saturated carbocycles. The molecule has 42 heavy (non-hydrogen) atoms. The zero-order chi connectivity index (χ0) is 29.4. The molecule has 0 amide bonds. The maximum absolute atomic E-state index is 13.5.